The van der Waals surface area contributed by atoms with Gasteiger partial charge in [0.2, 0.25) is 5.91 Å². The lowest BCUT2D eigenvalue weighted by molar-refractivity contribution is -0.137. The number of amides is 1. The molecule has 0 saturated heterocycles. The first kappa shape index (κ1) is 19.8. The number of carbonyl (C=O) groups is 2. The third-order valence-corrected chi connectivity index (χ3v) is 3.78. The normalized spacial score (nSPS) is 11.1. The molecule has 0 atom stereocenters. The van der Waals surface area contributed by atoms with Crippen molar-refractivity contribution in [2.45, 2.75) is 19.0 Å². The molecule has 26 heavy (non-hydrogen) atoms. The molecule has 4 nitrogen and oxygen atoms in total. The fraction of sp³-hybridized carbons (Fsp3) is 0.222. The summed E-state index contributed by atoms with van der Waals surface area (Å²) in [4.78, 5) is 24.2. The van der Waals surface area contributed by atoms with E-state index in [4.69, 9.17) is 16.3 Å². The summed E-state index contributed by atoms with van der Waals surface area (Å²) in [6.45, 7) is 0. The van der Waals surface area contributed by atoms with Crippen molar-refractivity contribution in [2.24, 2.45) is 0 Å². The van der Waals surface area contributed by atoms with Gasteiger partial charge in [-0.15, -0.1) is 0 Å². The number of halogens is 4. The van der Waals surface area contributed by atoms with Crippen LogP contribution in [-0.4, -0.2) is 18.8 Å². The molecule has 1 amide bonds. The number of nitrogens with one attached hydrogen (secondary N) is 1. The highest BCUT2D eigenvalue weighted by atomic mass is 35.5. The summed E-state index contributed by atoms with van der Waals surface area (Å²) in [6.07, 6.45) is -5.06. The van der Waals surface area contributed by atoms with E-state index in [2.05, 4.69) is 5.32 Å². The Labute approximate surface area is 152 Å². The zero-order valence-electron chi connectivity index (χ0n) is 13.7. The van der Waals surface area contributed by atoms with Gasteiger partial charge in [-0.25, -0.2) is 0 Å². The molecular weight excluding hydrogens is 371 g/mol. The molecule has 0 aromatic heterocycles. The lowest BCUT2D eigenvalue weighted by Gasteiger charge is -2.13. The first-order valence-corrected chi connectivity index (χ1v) is 7.93. The average Bonchev–Trinajstić information content (AvgIpc) is 2.59. The molecule has 2 aromatic carbocycles. The molecule has 0 bridgehead atoms. The molecule has 0 saturated carbocycles. The maximum Gasteiger partial charge on any atom is 0.418 e. The van der Waals surface area contributed by atoms with Crippen LogP contribution in [-0.2, 0) is 11.0 Å². The molecule has 0 aliphatic carbocycles. The number of para-hydroxylation sites is 1. The Kier molecular flexibility index (Phi) is 6.26. The van der Waals surface area contributed by atoms with Crippen LogP contribution in [0.4, 0.5) is 18.9 Å². The molecule has 0 fully saturated rings. The Morgan fingerprint density at radius 1 is 1.12 bits per heavy atom. The highest BCUT2D eigenvalue weighted by Crippen LogP contribution is 2.34. The molecule has 0 aliphatic heterocycles. The summed E-state index contributed by atoms with van der Waals surface area (Å²) in [6, 6.07) is 9.13. The number of carbonyl (C=O) groups excluding carboxylic acids is 2. The van der Waals surface area contributed by atoms with Crippen LogP contribution in [0.25, 0.3) is 0 Å². The lowest BCUT2D eigenvalue weighted by atomic mass is 10.0. The first-order chi connectivity index (χ1) is 12.2. The fourth-order valence-corrected chi connectivity index (χ4v) is 2.48. The molecule has 2 rings (SSSR count). The molecular formula is C18H15ClF3NO3. The summed E-state index contributed by atoms with van der Waals surface area (Å²) in [7, 11) is 1.39. The van der Waals surface area contributed by atoms with Gasteiger partial charge in [0.25, 0.3) is 0 Å². The standard InChI is InChI=1S/C18H15ClF3NO3/c1-26-16-8-6-11(19)10-12(16)15(24)7-9-17(25)23-14-5-3-2-4-13(14)18(20,21)22/h2-6,8,10H,7,9H2,1H3,(H,23,25). The first-order valence-electron chi connectivity index (χ1n) is 7.55. The summed E-state index contributed by atoms with van der Waals surface area (Å²) >= 11 is 5.85. The lowest BCUT2D eigenvalue weighted by Crippen LogP contribution is -2.17. The summed E-state index contributed by atoms with van der Waals surface area (Å²) in [5, 5.41) is 2.53. The Hall–Kier alpha value is -2.54. The third-order valence-electron chi connectivity index (χ3n) is 3.55. The van der Waals surface area contributed by atoms with E-state index in [0.29, 0.717) is 10.8 Å². The van der Waals surface area contributed by atoms with E-state index in [1.54, 1.807) is 6.07 Å². The van der Waals surface area contributed by atoms with E-state index in [9.17, 15) is 22.8 Å². The summed E-state index contributed by atoms with van der Waals surface area (Å²) in [5.41, 5.74) is -1.09. The molecule has 0 unspecified atom stereocenters. The Balaban J connectivity index is 2.04. The quantitative estimate of drug-likeness (QED) is 0.714. The van der Waals surface area contributed by atoms with E-state index in [0.717, 1.165) is 12.1 Å². The fourth-order valence-electron chi connectivity index (χ4n) is 2.31. The number of alkyl halides is 3. The second-order valence-electron chi connectivity index (χ2n) is 5.36. The van der Waals surface area contributed by atoms with Gasteiger partial charge < -0.3 is 10.1 Å². The number of ketones is 1. The maximum atomic E-state index is 12.9. The predicted molar refractivity (Wildman–Crippen MR) is 91.6 cm³/mol. The molecule has 0 aliphatic rings. The SMILES string of the molecule is COc1ccc(Cl)cc1C(=O)CCC(=O)Nc1ccccc1C(F)(F)F. The highest BCUT2D eigenvalue weighted by Gasteiger charge is 2.33. The number of anilines is 1. The minimum atomic E-state index is -4.59. The summed E-state index contributed by atoms with van der Waals surface area (Å²) < 4.78 is 43.8. The molecule has 1 N–H and O–H groups in total. The van der Waals surface area contributed by atoms with Gasteiger partial charge in [0.15, 0.2) is 5.78 Å². The number of methoxy groups -OCH3 is 1. The average molecular weight is 386 g/mol. The van der Waals surface area contributed by atoms with Gasteiger partial charge in [-0.2, -0.15) is 13.2 Å². The van der Waals surface area contributed by atoms with Gasteiger partial charge in [-0.3, -0.25) is 9.59 Å². The number of benzene rings is 2. The molecule has 0 radical (unpaired) electrons. The largest absolute Gasteiger partial charge is 0.496 e. The molecule has 0 heterocycles. The zero-order chi connectivity index (χ0) is 19.3. The van der Waals surface area contributed by atoms with Crippen LogP contribution in [0.1, 0.15) is 28.8 Å². The van der Waals surface area contributed by atoms with Crippen LogP contribution in [0, 0.1) is 0 Å². The van der Waals surface area contributed by atoms with Crippen molar-refractivity contribution in [2.75, 3.05) is 12.4 Å². The third kappa shape index (κ3) is 4.98. The van der Waals surface area contributed by atoms with E-state index in [1.807, 2.05) is 0 Å². The molecule has 0 spiro atoms. The molecule has 2 aromatic rings. The van der Waals surface area contributed by atoms with E-state index in [1.165, 1.54) is 31.4 Å². The minimum Gasteiger partial charge on any atom is -0.496 e. The van der Waals surface area contributed by atoms with Crippen molar-refractivity contribution in [1.29, 1.82) is 0 Å². The Bertz CT molecular complexity index is 822. The second-order valence-corrected chi connectivity index (χ2v) is 5.80. The second kappa shape index (κ2) is 8.23. The minimum absolute atomic E-state index is 0.198. The number of ether oxygens (including phenoxy) is 1. The van der Waals surface area contributed by atoms with Gasteiger partial charge >= 0.3 is 6.18 Å². The van der Waals surface area contributed by atoms with Crippen LogP contribution >= 0.6 is 11.6 Å². The van der Waals surface area contributed by atoms with Crippen LogP contribution in [0.2, 0.25) is 5.02 Å². The summed E-state index contributed by atoms with van der Waals surface area (Å²) in [5.74, 6) is -0.790. The van der Waals surface area contributed by atoms with Crippen molar-refractivity contribution in [3.63, 3.8) is 0 Å². The van der Waals surface area contributed by atoms with Gasteiger partial charge in [0.1, 0.15) is 5.75 Å². The van der Waals surface area contributed by atoms with Crippen LogP contribution in [0.3, 0.4) is 0 Å². The smallest absolute Gasteiger partial charge is 0.418 e. The van der Waals surface area contributed by atoms with Crippen LogP contribution in [0.5, 0.6) is 5.75 Å². The highest BCUT2D eigenvalue weighted by molar-refractivity contribution is 6.31. The van der Waals surface area contributed by atoms with E-state index >= 15 is 0 Å². The zero-order valence-corrected chi connectivity index (χ0v) is 14.4. The Morgan fingerprint density at radius 3 is 2.46 bits per heavy atom. The van der Waals surface area contributed by atoms with Crippen molar-refractivity contribution in [3.8, 4) is 5.75 Å². The van der Waals surface area contributed by atoms with E-state index < -0.39 is 23.4 Å². The van der Waals surface area contributed by atoms with Gasteiger partial charge in [0, 0.05) is 17.9 Å². The van der Waals surface area contributed by atoms with Crippen LogP contribution in [0.15, 0.2) is 42.5 Å². The number of hydrogen-bond acceptors (Lipinski definition) is 3. The van der Waals surface area contributed by atoms with Crippen LogP contribution < -0.4 is 10.1 Å². The number of rotatable bonds is 6. The van der Waals surface area contributed by atoms with E-state index in [-0.39, 0.29) is 24.1 Å². The Morgan fingerprint density at radius 2 is 1.81 bits per heavy atom. The molecule has 138 valence electrons. The molecule has 8 heteroatoms. The topological polar surface area (TPSA) is 55.4 Å². The van der Waals surface area contributed by atoms with Crippen molar-refractivity contribution in [3.05, 3.63) is 58.6 Å². The van der Waals surface area contributed by atoms with Gasteiger partial charge in [-0.05, 0) is 30.3 Å². The van der Waals surface area contributed by atoms with Crippen molar-refractivity contribution < 1.29 is 27.5 Å². The van der Waals surface area contributed by atoms with Crippen molar-refractivity contribution >= 4 is 29.0 Å². The van der Waals surface area contributed by atoms with Gasteiger partial charge in [-0.1, -0.05) is 23.7 Å². The maximum absolute atomic E-state index is 12.9. The van der Waals surface area contributed by atoms with Gasteiger partial charge in [0.05, 0.1) is 23.9 Å². The predicted octanol–water partition coefficient (Wildman–Crippen LogP) is 4.97. The van der Waals surface area contributed by atoms with Crippen molar-refractivity contribution in [1.82, 2.24) is 0 Å². The number of Topliss-reactive ketones (excluding diaryl/α,β-unsaturated/α-hetero) is 1. The monoisotopic (exact) mass is 385 g/mol. The number of hydrogen-bond donors (Lipinski definition) is 1.